The molecule has 290 valence electrons. The van der Waals surface area contributed by atoms with Gasteiger partial charge in [-0.25, -0.2) is 9.97 Å². The largest absolute Gasteiger partial charge is 0.493 e. The quantitative estimate of drug-likeness (QED) is 0.0848. The number of hydrogen-bond acceptors (Lipinski definition) is 6. The first-order valence-corrected chi connectivity index (χ1v) is 20.5. The molecule has 0 amide bonds. The maximum Gasteiger partial charge on any atom is 0.131 e. The zero-order valence-corrected chi connectivity index (χ0v) is 33.3. The van der Waals surface area contributed by atoms with Gasteiger partial charge < -0.3 is 28.9 Å². The predicted octanol–water partition coefficient (Wildman–Crippen LogP) is 12.7. The van der Waals surface area contributed by atoms with Crippen LogP contribution in [0, 0.1) is 0 Å². The van der Waals surface area contributed by atoms with Crippen molar-refractivity contribution in [1.82, 2.24) is 19.9 Å². The van der Waals surface area contributed by atoms with Crippen molar-refractivity contribution >= 4 is 46.4 Å². The van der Waals surface area contributed by atoms with Crippen molar-refractivity contribution in [2.75, 3.05) is 26.4 Å². The van der Waals surface area contributed by atoms with E-state index in [1.807, 2.05) is 36.4 Å². The minimum Gasteiger partial charge on any atom is -0.493 e. The van der Waals surface area contributed by atoms with E-state index >= 15 is 0 Å². The number of ether oxygens (including phenoxy) is 4. The number of benzene rings is 2. The summed E-state index contributed by atoms with van der Waals surface area (Å²) in [5.74, 6) is 3.12. The molecule has 7 rings (SSSR count). The lowest BCUT2D eigenvalue weighted by molar-refractivity contribution is 0.296. The van der Waals surface area contributed by atoms with Crippen molar-refractivity contribution in [3.63, 3.8) is 0 Å². The Kier molecular flexibility index (Phi) is 12.9. The second kappa shape index (κ2) is 18.7. The van der Waals surface area contributed by atoms with Gasteiger partial charge in [0, 0.05) is 33.2 Å². The van der Waals surface area contributed by atoms with Gasteiger partial charge in [0.05, 0.1) is 60.3 Å². The first-order valence-electron chi connectivity index (χ1n) is 20.5. The van der Waals surface area contributed by atoms with Crippen molar-refractivity contribution in [1.29, 1.82) is 0 Å². The Morgan fingerprint density at radius 2 is 0.786 bits per heavy atom. The lowest BCUT2D eigenvalue weighted by Crippen LogP contribution is -2.03. The van der Waals surface area contributed by atoms with Crippen LogP contribution in [0.4, 0.5) is 0 Å². The van der Waals surface area contributed by atoms with Gasteiger partial charge in [0.15, 0.2) is 0 Å². The van der Waals surface area contributed by atoms with Crippen molar-refractivity contribution in [3.05, 3.63) is 95.6 Å². The third kappa shape index (κ3) is 8.86. The predicted molar refractivity (Wildman–Crippen MR) is 231 cm³/mol. The molecule has 0 saturated heterocycles. The van der Waals surface area contributed by atoms with Gasteiger partial charge in [-0.2, -0.15) is 0 Å². The van der Waals surface area contributed by atoms with E-state index in [1.165, 1.54) is 0 Å². The van der Waals surface area contributed by atoms with Gasteiger partial charge in [0.2, 0.25) is 0 Å². The third-order valence-electron chi connectivity index (χ3n) is 9.90. The van der Waals surface area contributed by atoms with E-state index in [4.69, 9.17) is 28.9 Å². The van der Waals surface area contributed by atoms with Gasteiger partial charge in [-0.3, -0.25) is 0 Å². The molecule has 8 heteroatoms. The Bertz CT molecular complexity index is 2130. The first-order chi connectivity index (χ1) is 27.6. The molecule has 0 fully saturated rings. The number of nitrogens with one attached hydrogen (secondary N) is 2. The molecule has 0 aliphatic carbocycles. The van der Waals surface area contributed by atoms with Crippen LogP contribution in [-0.4, -0.2) is 46.4 Å². The number of aromatic nitrogens is 4. The number of nitrogens with zero attached hydrogens (tertiary/aromatic N) is 2. The first kappa shape index (κ1) is 38.5. The van der Waals surface area contributed by atoms with Crippen LogP contribution in [0.25, 0.3) is 68.6 Å². The van der Waals surface area contributed by atoms with E-state index in [-0.39, 0.29) is 0 Å². The van der Waals surface area contributed by atoms with Gasteiger partial charge in [-0.15, -0.1) is 0 Å². The van der Waals surface area contributed by atoms with Crippen LogP contribution in [0.3, 0.4) is 0 Å². The monoisotopic (exact) mass is 750 g/mol. The molecule has 3 aromatic heterocycles. The Balaban J connectivity index is 1.48. The standard InChI is InChI=1S/C48H54N4O4/c1-5-9-27-53-41-15-13-16-42(54-28-10-6-2)47(41)45-37-23-19-33(49-37)31-35-21-25-39(51-35)46(40-26-22-36(52-40)32-34-20-24-38(45)50-34)48-43(55-29-11-7-3)17-14-18-44(48)56-30-12-8-4/h13-26,31-32,49,52H,5-12,27-30H2,1-4H3. The number of rotatable bonds is 18. The number of hydrogen-bond donors (Lipinski definition) is 2. The third-order valence-corrected chi connectivity index (χ3v) is 9.90. The molecular weight excluding hydrogens is 697 g/mol. The summed E-state index contributed by atoms with van der Waals surface area (Å²) in [4.78, 5) is 17.9. The summed E-state index contributed by atoms with van der Waals surface area (Å²) in [5.41, 5.74) is 10.6. The van der Waals surface area contributed by atoms with Crippen molar-refractivity contribution in [3.8, 4) is 45.3 Å². The molecule has 0 saturated carbocycles. The maximum absolute atomic E-state index is 6.48. The Morgan fingerprint density at radius 3 is 1.12 bits per heavy atom. The molecule has 2 aliphatic rings. The summed E-state index contributed by atoms with van der Waals surface area (Å²) in [7, 11) is 0. The highest BCUT2D eigenvalue weighted by Gasteiger charge is 2.22. The fourth-order valence-corrected chi connectivity index (χ4v) is 6.90. The van der Waals surface area contributed by atoms with Crippen LogP contribution in [0.15, 0.2) is 72.8 Å². The van der Waals surface area contributed by atoms with E-state index in [2.05, 4.69) is 98.4 Å². The van der Waals surface area contributed by atoms with E-state index in [1.54, 1.807) is 0 Å². The topological polar surface area (TPSA) is 94.3 Å². The lowest BCUT2D eigenvalue weighted by atomic mass is 10.0. The number of aromatic amines is 2. The fraction of sp³-hybridized carbons (Fsp3) is 0.333. The minimum atomic E-state index is 0.618. The van der Waals surface area contributed by atoms with E-state index in [9.17, 15) is 0 Å². The summed E-state index contributed by atoms with van der Waals surface area (Å²) in [6, 6.07) is 24.7. The second-order valence-corrected chi connectivity index (χ2v) is 14.3. The summed E-state index contributed by atoms with van der Waals surface area (Å²) in [6.45, 7) is 11.2. The molecule has 0 spiro atoms. The summed E-state index contributed by atoms with van der Waals surface area (Å²) in [6.07, 6.45) is 16.3. The summed E-state index contributed by atoms with van der Waals surface area (Å²) < 4.78 is 25.9. The number of fused-ring (bicyclic) bond motifs is 8. The van der Waals surface area contributed by atoms with Crippen LogP contribution in [0.5, 0.6) is 23.0 Å². The van der Waals surface area contributed by atoms with Crippen LogP contribution < -0.4 is 18.9 Å². The Morgan fingerprint density at radius 1 is 0.429 bits per heavy atom. The van der Waals surface area contributed by atoms with Gasteiger partial charge in [0.25, 0.3) is 0 Å². The van der Waals surface area contributed by atoms with Crippen LogP contribution in [0.2, 0.25) is 0 Å². The van der Waals surface area contributed by atoms with Crippen LogP contribution in [-0.2, 0) is 0 Å². The van der Waals surface area contributed by atoms with Crippen molar-refractivity contribution in [2.24, 2.45) is 0 Å². The highest BCUT2D eigenvalue weighted by Crippen LogP contribution is 2.44. The normalized spacial score (nSPS) is 11.9. The molecule has 56 heavy (non-hydrogen) atoms. The van der Waals surface area contributed by atoms with Gasteiger partial charge in [-0.05, 0) is 111 Å². The molecular formula is C48H54N4O4. The number of unbranched alkanes of at least 4 members (excludes halogenated alkanes) is 4. The molecule has 8 bridgehead atoms. The van der Waals surface area contributed by atoms with E-state index < -0.39 is 0 Å². The summed E-state index contributed by atoms with van der Waals surface area (Å²) in [5, 5.41) is 0. The molecule has 2 aromatic carbocycles. The van der Waals surface area contributed by atoms with Gasteiger partial charge in [-0.1, -0.05) is 65.5 Å². The maximum atomic E-state index is 6.48. The van der Waals surface area contributed by atoms with Crippen molar-refractivity contribution < 1.29 is 18.9 Å². The molecule has 0 radical (unpaired) electrons. The zero-order chi connectivity index (χ0) is 38.7. The highest BCUT2D eigenvalue weighted by molar-refractivity contribution is 5.97. The molecule has 5 aromatic rings. The molecule has 0 atom stereocenters. The average molecular weight is 751 g/mol. The second-order valence-electron chi connectivity index (χ2n) is 14.3. The van der Waals surface area contributed by atoms with Gasteiger partial charge in [0.1, 0.15) is 23.0 Å². The highest BCUT2D eigenvalue weighted by atomic mass is 16.5. The molecule has 0 unspecified atom stereocenters. The lowest BCUT2D eigenvalue weighted by Gasteiger charge is -2.17. The zero-order valence-electron chi connectivity index (χ0n) is 33.3. The SMILES string of the molecule is CCCCOc1cccc(OCCCC)c1-c1c2nc(cc3ccc([nH]3)c(-c3c(OCCCC)cccc3OCCCC)c3nc(cc4ccc1[nH]4)C=C3)C=C2. The molecule has 8 nitrogen and oxygen atoms in total. The molecule has 5 heterocycles. The van der Waals surface area contributed by atoms with E-state index in [0.717, 1.165) is 141 Å². The van der Waals surface area contributed by atoms with Crippen LogP contribution >= 0.6 is 0 Å². The number of H-pyrrole nitrogens is 2. The smallest absolute Gasteiger partial charge is 0.131 e. The Hall–Kier alpha value is -5.76. The molecule has 2 N–H and O–H groups in total. The molecule has 2 aliphatic heterocycles. The van der Waals surface area contributed by atoms with Crippen molar-refractivity contribution in [2.45, 2.75) is 79.1 Å². The minimum absolute atomic E-state index is 0.618. The average Bonchev–Trinajstić information content (AvgIpc) is 4.04. The van der Waals surface area contributed by atoms with Crippen LogP contribution in [0.1, 0.15) is 102 Å². The fourth-order valence-electron chi connectivity index (χ4n) is 6.90. The van der Waals surface area contributed by atoms with E-state index in [0.29, 0.717) is 26.4 Å². The summed E-state index contributed by atoms with van der Waals surface area (Å²) >= 11 is 0. The Labute approximate surface area is 330 Å². The van der Waals surface area contributed by atoms with Gasteiger partial charge >= 0.3 is 0 Å².